The molecule has 5 heteroatoms. The van der Waals surface area contributed by atoms with Crippen LogP contribution in [0.5, 0.6) is 0 Å². The van der Waals surface area contributed by atoms with Crippen LogP contribution in [0.2, 0.25) is 0 Å². The van der Waals surface area contributed by atoms with Gasteiger partial charge in [0.25, 0.3) is 0 Å². The number of para-hydroxylation sites is 1. The first-order valence-corrected chi connectivity index (χ1v) is 9.66. The van der Waals surface area contributed by atoms with Crippen LogP contribution in [0.4, 0.5) is 11.4 Å². The Hall–Kier alpha value is -3.37. The van der Waals surface area contributed by atoms with Crippen LogP contribution < -0.4 is 10.6 Å². The summed E-state index contributed by atoms with van der Waals surface area (Å²) in [5.41, 5.74) is 4.88. The molecule has 1 aliphatic rings. The Labute approximate surface area is 174 Å². The van der Waals surface area contributed by atoms with Crippen molar-refractivity contribution in [1.29, 1.82) is 0 Å². The highest BCUT2D eigenvalue weighted by molar-refractivity contribution is 6.50. The number of anilines is 2. The Morgan fingerprint density at radius 3 is 2.10 bits per heavy atom. The van der Waals surface area contributed by atoms with E-state index in [9.17, 15) is 9.59 Å². The molecule has 4 rings (SSSR count). The van der Waals surface area contributed by atoms with Crippen LogP contribution in [-0.4, -0.2) is 11.6 Å². The Balaban J connectivity index is 1.49. The van der Waals surface area contributed by atoms with E-state index in [1.807, 2.05) is 42.5 Å². The maximum absolute atomic E-state index is 12.8. The third-order valence-electron chi connectivity index (χ3n) is 4.91. The molecule has 1 aliphatic carbocycles. The van der Waals surface area contributed by atoms with Crippen LogP contribution in [-0.2, 0) is 6.54 Å². The lowest BCUT2D eigenvalue weighted by Crippen LogP contribution is -2.24. The van der Waals surface area contributed by atoms with Crippen molar-refractivity contribution >= 4 is 34.5 Å². The monoisotopic (exact) mass is 402 g/mol. The van der Waals surface area contributed by atoms with Crippen molar-refractivity contribution in [3.05, 3.63) is 106 Å². The summed E-state index contributed by atoms with van der Waals surface area (Å²) in [4.78, 5) is 25.2. The van der Waals surface area contributed by atoms with Gasteiger partial charge in [-0.2, -0.15) is 0 Å². The van der Waals surface area contributed by atoms with Crippen LogP contribution in [0.1, 0.15) is 31.8 Å². The Bertz CT molecular complexity index is 1130. The molecule has 4 nitrogen and oxygen atoms in total. The molecule has 0 aliphatic heterocycles. The molecule has 0 saturated carbocycles. The summed E-state index contributed by atoms with van der Waals surface area (Å²) in [5.74, 6) is -0.626. The molecule has 0 amide bonds. The number of carbonyl (C=O) groups excluding carboxylic acids is 2. The fourth-order valence-electron chi connectivity index (χ4n) is 3.28. The van der Waals surface area contributed by atoms with Gasteiger partial charge < -0.3 is 10.6 Å². The molecule has 0 heterocycles. The zero-order valence-corrected chi connectivity index (χ0v) is 16.6. The smallest absolute Gasteiger partial charge is 0.211 e. The van der Waals surface area contributed by atoms with Gasteiger partial charge >= 0.3 is 0 Å². The average molecular weight is 403 g/mol. The predicted molar refractivity (Wildman–Crippen MR) is 117 cm³/mol. The molecule has 0 unspecified atom stereocenters. The second-order valence-electron chi connectivity index (χ2n) is 6.88. The number of hydrogen-bond donors (Lipinski definition) is 2. The third-order valence-corrected chi connectivity index (χ3v) is 5.27. The number of nitrogens with one attached hydrogen (secondary N) is 2. The lowest BCUT2D eigenvalue weighted by molar-refractivity contribution is 0.0982. The van der Waals surface area contributed by atoms with E-state index in [1.165, 1.54) is 5.56 Å². The van der Waals surface area contributed by atoms with Crippen LogP contribution >= 0.6 is 11.6 Å². The van der Waals surface area contributed by atoms with Gasteiger partial charge in [-0.1, -0.05) is 66.2 Å². The number of allylic oxidation sites excluding steroid dienone is 2. The van der Waals surface area contributed by atoms with Crippen molar-refractivity contribution in [2.75, 3.05) is 10.6 Å². The number of carbonyl (C=O) groups is 2. The van der Waals surface area contributed by atoms with Gasteiger partial charge in [-0.15, -0.1) is 0 Å². The van der Waals surface area contributed by atoms with Crippen molar-refractivity contribution in [2.45, 2.75) is 13.5 Å². The van der Waals surface area contributed by atoms with Crippen LogP contribution in [0.25, 0.3) is 0 Å². The zero-order valence-electron chi connectivity index (χ0n) is 15.8. The Morgan fingerprint density at radius 1 is 0.793 bits per heavy atom. The molecular formula is C24H19ClN2O2. The lowest BCUT2D eigenvalue weighted by Gasteiger charge is -2.19. The Morgan fingerprint density at radius 2 is 1.41 bits per heavy atom. The standard InChI is InChI=1S/C24H19ClN2O2/c1-15-6-2-5-9-20(15)26-14-16-10-12-17(13-11-16)27-22-21(25)23(28)18-7-3-4-8-19(18)24(22)29/h2-13,26-27H,14H2,1H3. The molecule has 144 valence electrons. The molecule has 0 atom stereocenters. The molecule has 0 saturated heterocycles. The van der Waals surface area contributed by atoms with Crippen molar-refractivity contribution < 1.29 is 9.59 Å². The minimum Gasteiger partial charge on any atom is -0.381 e. The molecule has 0 bridgehead atoms. The molecule has 0 spiro atoms. The number of ketones is 2. The maximum atomic E-state index is 12.8. The van der Waals surface area contributed by atoms with Crippen molar-refractivity contribution in [2.24, 2.45) is 0 Å². The summed E-state index contributed by atoms with van der Waals surface area (Å²) in [6.07, 6.45) is 0. The molecule has 0 aromatic heterocycles. The number of Topliss-reactive ketones (excluding diaryl/α,β-unsaturated/α-hetero) is 2. The summed E-state index contributed by atoms with van der Waals surface area (Å²) < 4.78 is 0. The van der Waals surface area contributed by atoms with E-state index in [1.54, 1.807) is 24.3 Å². The minimum atomic E-state index is -0.344. The molecule has 0 radical (unpaired) electrons. The van der Waals surface area contributed by atoms with E-state index in [4.69, 9.17) is 11.6 Å². The molecule has 2 N–H and O–H groups in total. The normalized spacial score (nSPS) is 13.3. The number of halogens is 1. The minimum absolute atomic E-state index is 0.0843. The first kappa shape index (κ1) is 19.0. The molecule has 0 fully saturated rings. The average Bonchev–Trinajstić information content (AvgIpc) is 2.75. The number of hydrogen-bond acceptors (Lipinski definition) is 4. The predicted octanol–water partition coefficient (Wildman–Crippen LogP) is 5.55. The largest absolute Gasteiger partial charge is 0.381 e. The van der Waals surface area contributed by atoms with Gasteiger partial charge in [0.05, 0.1) is 0 Å². The SMILES string of the molecule is Cc1ccccc1NCc1ccc(NC2=C(Cl)C(=O)c3ccccc3C2=O)cc1. The number of rotatable bonds is 5. The van der Waals surface area contributed by atoms with E-state index in [0.717, 1.165) is 11.3 Å². The topological polar surface area (TPSA) is 58.2 Å². The summed E-state index contributed by atoms with van der Waals surface area (Å²) >= 11 is 6.21. The van der Waals surface area contributed by atoms with E-state index in [0.29, 0.717) is 23.4 Å². The zero-order chi connectivity index (χ0) is 20.4. The van der Waals surface area contributed by atoms with Gasteiger partial charge in [-0.25, -0.2) is 0 Å². The fraction of sp³-hybridized carbons (Fsp3) is 0.0833. The van der Waals surface area contributed by atoms with Crippen LogP contribution in [0, 0.1) is 6.92 Å². The summed E-state index contributed by atoms with van der Waals surface area (Å²) in [6, 6.07) is 22.5. The van der Waals surface area contributed by atoms with Gasteiger partial charge in [0, 0.05) is 29.0 Å². The molecule has 3 aromatic rings. The Kier molecular flexibility index (Phi) is 5.19. The summed E-state index contributed by atoms with van der Waals surface area (Å²) in [5, 5.41) is 6.35. The maximum Gasteiger partial charge on any atom is 0.211 e. The number of aryl methyl sites for hydroxylation is 1. The van der Waals surface area contributed by atoms with Crippen molar-refractivity contribution in [1.82, 2.24) is 0 Å². The van der Waals surface area contributed by atoms with Gasteiger partial charge in [0.1, 0.15) is 10.7 Å². The quantitative estimate of drug-likeness (QED) is 0.587. The fourth-order valence-corrected chi connectivity index (χ4v) is 3.51. The second kappa shape index (κ2) is 7.94. The summed E-state index contributed by atoms with van der Waals surface area (Å²) in [6.45, 7) is 2.74. The van der Waals surface area contributed by atoms with Gasteiger partial charge in [0.2, 0.25) is 11.6 Å². The van der Waals surface area contributed by atoms with Crippen LogP contribution in [0.15, 0.2) is 83.5 Å². The van der Waals surface area contributed by atoms with E-state index < -0.39 is 0 Å². The third kappa shape index (κ3) is 3.80. The van der Waals surface area contributed by atoms with Gasteiger partial charge in [0.15, 0.2) is 0 Å². The highest BCUT2D eigenvalue weighted by Crippen LogP contribution is 2.29. The summed E-state index contributed by atoms with van der Waals surface area (Å²) in [7, 11) is 0. The van der Waals surface area contributed by atoms with E-state index >= 15 is 0 Å². The van der Waals surface area contributed by atoms with Gasteiger partial charge in [-0.3, -0.25) is 9.59 Å². The molecule has 29 heavy (non-hydrogen) atoms. The van der Waals surface area contributed by atoms with Crippen LogP contribution in [0.3, 0.4) is 0 Å². The molecule has 3 aromatic carbocycles. The first-order chi connectivity index (χ1) is 14.0. The van der Waals surface area contributed by atoms with Crippen molar-refractivity contribution in [3.63, 3.8) is 0 Å². The van der Waals surface area contributed by atoms with E-state index in [2.05, 4.69) is 23.6 Å². The lowest BCUT2D eigenvalue weighted by atomic mass is 9.92. The molecular weight excluding hydrogens is 384 g/mol. The highest BCUT2D eigenvalue weighted by Gasteiger charge is 2.31. The van der Waals surface area contributed by atoms with E-state index in [-0.39, 0.29) is 22.3 Å². The first-order valence-electron chi connectivity index (χ1n) is 9.28. The van der Waals surface area contributed by atoms with Gasteiger partial charge in [-0.05, 0) is 36.2 Å². The second-order valence-corrected chi connectivity index (χ2v) is 7.26. The number of benzene rings is 3. The highest BCUT2D eigenvalue weighted by atomic mass is 35.5. The van der Waals surface area contributed by atoms with Crippen molar-refractivity contribution in [3.8, 4) is 0 Å². The number of fused-ring (bicyclic) bond motifs is 1.